The van der Waals surface area contributed by atoms with Gasteiger partial charge in [0.25, 0.3) is 5.56 Å². The van der Waals surface area contributed by atoms with Crippen molar-refractivity contribution in [2.45, 2.75) is 26.9 Å². The van der Waals surface area contributed by atoms with E-state index in [9.17, 15) is 4.79 Å². The Kier molecular flexibility index (Phi) is 5.54. The van der Waals surface area contributed by atoms with Crippen molar-refractivity contribution in [2.75, 3.05) is 19.1 Å². The van der Waals surface area contributed by atoms with Crippen LogP contribution < -0.4 is 15.2 Å². The van der Waals surface area contributed by atoms with Gasteiger partial charge < -0.3 is 9.64 Å². The lowest BCUT2D eigenvalue weighted by Crippen LogP contribution is -2.26. The smallest absolute Gasteiger partial charge is 0.269 e. The summed E-state index contributed by atoms with van der Waals surface area (Å²) >= 11 is 0. The van der Waals surface area contributed by atoms with Crippen molar-refractivity contribution in [3.63, 3.8) is 0 Å². The Bertz CT molecular complexity index is 983. The number of ether oxygens (including phenoxy) is 1. The summed E-state index contributed by atoms with van der Waals surface area (Å²) in [7, 11) is 3.59. The molecule has 6 heteroatoms. The van der Waals surface area contributed by atoms with Crippen LogP contribution in [0.5, 0.6) is 5.75 Å². The van der Waals surface area contributed by atoms with Crippen LogP contribution in [0.4, 0.5) is 5.69 Å². The molecule has 0 radical (unpaired) electrons. The highest BCUT2D eigenvalue weighted by atomic mass is 16.5. The van der Waals surface area contributed by atoms with Crippen molar-refractivity contribution in [2.24, 2.45) is 0 Å². The number of nitrogens with zero attached hydrogens (tertiary/aromatic N) is 4. The average molecular weight is 364 g/mol. The zero-order chi connectivity index (χ0) is 19.4. The van der Waals surface area contributed by atoms with E-state index in [1.54, 1.807) is 25.6 Å². The first kappa shape index (κ1) is 18.6. The van der Waals surface area contributed by atoms with Gasteiger partial charge in [0.05, 0.1) is 31.2 Å². The number of aromatic nitrogens is 3. The summed E-state index contributed by atoms with van der Waals surface area (Å²) in [5.41, 5.74) is 4.47. The van der Waals surface area contributed by atoms with Crippen molar-refractivity contribution in [3.8, 4) is 5.75 Å². The monoisotopic (exact) mass is 364 g/mol. The number of anilines is 1. The maximum atomic E-state index is 12.5. The normalized spacial score (nSPS) is 10.7. The quantitative estimate of drug-likeness (QED) is 0.673. The predicted octanol–water partition coefficient (Wildman–Crippen LogP) is 2.95. The number of pyridine rings is 1. The zero-order valence-corrected chi connectivity index (χ0v) is 16.1. The maximum Gasteiger partial charge on any atom is 0.269 e. The minimum absolute atomic E-state index is 0.159. The number of aryl methyl sites for hydroxylation is 1. The van der Waals surface area contributed by atoms with Crippen LogP contribution in [0.25, 0.3) is 0 Å². The third-order valence-electron chi connectivity index (χ3n) is 4.61. The molecule has 27 heavy (non-hydrogen) atoms. The number of methoxy groups -OCH3 is 1. The van der Waals surface area contributed by atoms with E-state index < -0.39 is 0 Å². The Balaban J connectivity index is 1.80. The molecule has 6 nitrogen and oxygen atoms in total. The summed E-state index contributed by atoms with van der Waals surface area (Å²) in [5.74, 6) is 0.798. The predicted molar refractivity (Wildman–Crippen MR) is 106 cm³/mol. The van der Waals surface area contributed by atoms with Crippen LogP contribution in [0.15, 0.2) is 53.6 Å². The van der Waals surface area contributed by atoms with Gasteiger partial charge in [0.15, 0.2) is 0 Å². The van der Waals surface area contributed by atoms with E-state index in [4.69, 9.17) is 4.74 Å². The fourth-order valence-electron chi connectivity index (χ4n) is 3.07. The van der Waals surface area contributed by atoms with E-state index in [1.165, 1.54) is 10.2 Å². The molecule has 0 unspecified atom stereocenters. The van der Waals surface area contributed by atoms with Gasteiger partial charge in [0.1, 0.15) is 5.75 Å². The van der Waals surface area contributed by atoms with Crippen LogP contribution in [-0.4, -0.2) is 28.9 Å². The lowest BCUT2D eigenvalue weighted by Gasteiger charge is -2.19. The van der Waals surface area contributed by atoms with Gasteiger partial charge in [-0.2, -0.15) is 5.10 Å². The summed E-state index contributed by atoms with van der Waals surface area (Å²) in [5, 5.41) is 4.34. The fraction of sp³-hybridized carbons (Fsp3) is 0.286. The molecule has 0 N–H and O–H groups in total. The minimum Gasteiger partial charge on any atom is -0.496 e. The lowest BCUT2D eigenvalue weighted by atomic mass is 10.1. The molecule has 3 aromatic rings. The van der Waals surface area contributed by atoms with Crippen molar-refractivity contribution in [1.82, 2.24) is 14.8 Å². The highest BCUT2D eigenvalue weighted by Gasteiger charge is 2.12. The summed E-state index contributed by atoms with van der Waals surface area (Å²) in [6.07, 6.45) is 3.47. The summed E-state index contributed by atoms with van der Waals surface area (Å²) < 4.78 is 6.86. The van der Waals surface area contributed by atoms with Crippen LogP contribution in [0.2, 0.25) is 0 Å². The number of hydrogen-bond donors (Lipinski definition) is 0. The zero-order valence-electron chi connectivity index (χ0n) is 16.1. The Morgan fingerprint density at radius 1 is 1.15 bits per heavy atom. The first-order chi connectivity index (χ1) is 13.0. The number of hydrogen-bond acceptors (Lipinski definition) is 5. The molecule has 0 atom stereocenters. The molecule has 2 aromatic heterocycles. The van der Waals surface area contributed by atoms with Crippen molar-refractivity contribution in [1.29, 1.82) is 0 Å². The molecule has 0 saturated heterocycles. The van der Waals surface area contributed by atoms with Crippen LogP contribution in [0.1, 0.15) is 22.4 Å². The van der Waals surface area contributed by atoms with E-state index in [-0.39, 0.29) is 5.56 Å². The molecule has 2 heterocycles. The minimum atomic E-state index is -0.159. The van der Waals surface area contributed by atoms with Gasteiger partial charge >= 0.3 is 0 Å². The van der Waals surface area contributed by atoms with Crippen molar-refractivity contribution < 1.29 is 4.74 Å². The van der Waals surface area contributed by atoms with Gasteiger partial charge in [0.2, 0.25) is 0 Å². The number of rotatable bonds is 6. The largest absolute Gasteiger partial charge is 0.496 e. The molecule has 0 saturated carbocycles. The van der Waals surface area contributed by atoms with E-state index in [2.05, 4.69) is 22.2 Å². The van der Waals surface area contributed by atoms with Crippen LogP contribution in [0, 0.1) is 13.8 Å². The van der Waals surface area contributed by atoms with E-state index in [1.807, 2.05) is 44.0 Å². The Morgan fingerprint density at radius 2 is 1.89 bits per heavy atom. The highest BCUT2D eigenvalue weighted by Crippen LogP contribution is 2.24. The van der Waals surface area contributed by atoms with E-state index in [0.29, 0.717) is 13.1 Å². The van der Waals surface area contributed by atoms with Crippen LogP contribution in [0.3, 0.4) is 0 Å². The standard InChI is InChI=1S/C21H24N4O2/c1-15-11-22-19(16(2)21(15)27-4)14-25-20(26)10-18(12-23-25)24(3)13-17-8-6-5-7-9-17/h5-12H,13-14H2,1-4H3. The van der Waals surface area contributed by atoms with Gasteiger partial charge in [-0.15, -0.1) is 0 Å². The Morgan fingerprint density at radius 3 is 2.56 bits per heavy atom. The van der Waals surface area contributed by atoms with Crippen molar-refractivity contribution in [3.05, 3.63) is 81.5 Å². The first-order valence-corrected chi connectivity index (χ1v) is 8.81. The second-order valence-corrected chi connectivity index (χ2v) is 6.60. The van der Waals surface area contributed by atoms with E-state index in [0.717, 1.165) is 28.3 Å². The Labute approximate surface area is 159 Å². The molecule has 0 aliphatic heterocycles. The maximum absolute atomic E-state index is 12.5. The van der Waals surface area contributed by atoms with Crippen LogP contribution >= 0.6 is 0 Å². The number of benzene rings is 1. The third-order valence-corrected chi connectivity index (χ3v) is 4.61. The molecular weight excluding hydrogens is 340 g/mol. The van der Waals surface area contributed by atoms with E-state index >= 15 is 0 Å². The molecule has 0 bridgehead atoms. The molecule has 1 aromatic carbocycles. The van der Waals surface area contributed by atoms with Gasteiger partial charge in [-0.3, -0.25) is 9.78 Å². The molecule has 0 amide bonds. The molecule has 140 valence electrons. The summed E-state index contributed by atoms with van der Waals surface area (Å²) in [6.45, 7) is 4.91. The SMILES string of the molecule is COc1c(C)cnc(Cn2ncc(N(C)Cc3ccccc3)cc2=O)c1C. The molecule has 3 rings (SSSR count). The summed E-state index contributed by atoms with van der Waals surface area (Å²) in [6, 6.07) is 11.7. The molecular formula is C21H24N4O2. The van der Waals surface area contributed by atoms with Gasteiger partial charge in [-0.05, 0) is 19.4 Å². The third kappa shape index (κ3) is 4.16. The fourth-order valence-corrected chi connectivity index (χ4v) is 3.07. The average Bonchev–Trinajstić information content (AvgIpc) is 2.66. The molecule has 0 spiro atoms. The van der Waals surface area contributed by atoms with Crippen LogP contribution in [-0.2, 0) is 13.1 Å². The van der Waals surface area contributed by atoms with Gasteiger partial charge in [-0.1, -0.05) is 30.3 Å². The second kappa shape index (κ2) is 8.03. The van der Waals surface area contributed by atoms with Crippen molar-refractivity contribution >= 4 is 5.69 Å². The molecule has 0 aliphatic carbocycles. The second-order valence-electron chi connectivity index (χ2n) is 6.60. The topological polar surface area (TPSA) is 60.2 Å². The molecule has 0 fully saturated rings. The lowest BCUT2D eigenvalue weighted by molar-refractivity contribution is 0.406. The molecule has 0 aliphatic rings. The Hall–Kier alpha value is -3.15. The summed E-state index contributed by atoms with van der Waals surface area (Å²) in [4.78, 5) is 19.0. The first-order valence-electron chi connectivity index (χ1n) is 8.81. The van der Waals surface area contributed by atoms with Gasteiger partial charge in [0, 0.05) is 37.0 Å². The highest BCUT2D eigenvalue weighted by molar-refractivity contribution is 5.43. The van der Waals surface area contributed by atoms with Gasteiger partial charge in [-0.25, -0.2) is 4.68 Å².